The topological polar surface area (TPSA) is 61.9 Å². The summed E-state index contributed by atoms with van der Waals surface area (Å²) in [6, 6.07) is 5.29. The van der Waals surface area contributed by atoms with Crippen LogP contribution >= 0.6 is 0 Å². The van der Waals surface area contributed by atoms with Crippen LogP contribution in [0, 0.1) is 0 Å². The maximum absolute atomic E-state index is 12.7. The van der Waals surface area contributed by atoms with Crippen LogP contribution in [0.2, 0.25) is 0 Å². The van der Waals surface area contributed by atoms with Crippen LogP contribution in [-0.4, -0.2) is 60.9 Å². The maximum atomic E-state index is 12.7. The predicted octanol–water partition coefficient (Wildman–Crippen LogP) is 0.795. The average Bonchev–Trinajstić information content (AvgIpc) is 2.53. The zero-order valence-corrected chi connectivity index (χ0v) is 12.1. The number of carbonyl (C=O) groups excluding carboxylic acids is 2. The molecule has 0 saturated carbocycles. The summed E-state index contributed by atoms with van der Waals surface area (Å²) < 4.78 is 5.36. The summed E-state index contributed by atoms with van der Waals surface area (Å²) in [6.45, 7) is 6.33. The van der Waals surface area contributed by atoms with Gasteiger partial charge in [0.15, 0.2) is 6.61 Å². The Balaban J connectivity index is 1.81. The van der Waals surface area contributed by atoms with E-state index in [1.54, 1.807) is 18.2 Å². The van der Waals surface area contributed by atoms with Crippen LogP contribution in [-0.2, 0) is 4.79 Å². The summed E-state index contributed by atoms with van der Waals surface area (Å²) >= 11 is 0. The highest BCUT2D eigenvalue weighted by atomic mass is 16.5. The number of rotatable bonds is 2. The van der Waals surface area contributed by atoms with Gasteiger partial charge in [0.25, 0.3) is 11.8 Å². The van der Waals surface area contributed by atoms with Crippen molar-refractivity contribution in [2.24, 2.45) is 0 Å². The molecule has 0 spiro atoms. The minimum atomic E-state index is -0.224. The third-order valence-electron chi connectivity index (χ3n) is 3.99. The van der Waals surface area contributed by atoms with E-state index in [1.807, 2.05) is 4.90 Å². The molecule has 2 heterocycles. The van der Waals surface area contributed by atoms with Gasteiger partial charge in [-0.2, -0.15) is 0 Å². The second kappa shape index (κ2) is 5.73. The molecule has 1 N–H and O–H groups in total. The summed E-state index contributed by atoms with van der Waals surface area (Å²) in [5.41, 5.74) is 1.00. The second-order valence-electron chi connectivity index (χ2n) is 5.24. The quantitative estimate of drug-likeness (QED) is 0.874. The normalized spacial score (nSPS) is 18.7. The molecule has 6 nitrogen and oxygen atoms in total. The summed E-state index contributed by atoms with van der Waals surface area (Å²) in [5, 5.41) is 2.75. The number of nitrogens with one attached hydrogen (secondary N) is 1. The fourth-order valence-corrected chi connectivity index (χ4v) is 2.71. The van der Waals surface area contributed by atoms with Gasteiger partial charge in [-0.15, -0.1) is 0 Å². The number of ether oxygens (including phenoxy) is 1. The van der Waals surface area contributed by atoms with E-state index < -0.39 is 0 Å². The zero-order valence-electron chi connectivity index (χ0n) is 12.1. The van der Waals surface area contributed by atoms with Crippen molar-refractivity contribution in [1.29, 1.82) is 0 Å². The first kappa shape index (κ1) is 13.9. The number of hydrogen-bond acceptors (Lipinski definition) is 4. The van der Waals surface area contributed by atoms with Crippen LogP contribution in [0.15, 0.2) is 18.2 Å². The molecule has 2 aliphatic heterocycles. The molecule has 112 valence electrons. The number of amides is 2. The first-order valence-corrected chi connectivity index (χ1v) is 7.26. The molecule has 6 heteroatoms. The fourth-order valence-electron chi connectivity index (χ4n) is 2.71. The van der Waals surface area contributed by atoms with E-state index in [4.69, 9.17) is 4.74 Å². The molecule has 1 saturated heterocycles. The van der Waals surface area contributed by atoms with E-state index in [-0.39, 0.29) is 18.4 Å². The molecule has 1 aromatic rings. The number of piperazine rings is 1. The second-order valence-corrected chi connectivity index (χ2v) is 5.24. The highest BCUT2D eigenvalue weighted by Gasteiger charge is 2.27. The van der Waals surface area contributed by atoms with Crippen molar-refractivity contribution < 1.29 is 14.3 Å². The van der Waals surface area contributed by atoms with Gasteiger partial charge in [-0.05, 0) is 18.7 Å². The molecule has 1 fully saturated rings. The molecule has 3 rings (SSSR count). The standard InChI is InChI=1S/C15H19N3O3/c1-2-17-6-8-18(9-7-17)15(20)11-4-3-5-12-14(11)16-13(19)10-21-12/h3-5H,2,6-10H2,1H3,(H,16,19). The third-order valence-corrected chi connectivity index (χ3v) is 3.99. The lowest BCUT2D eigenvalue weighted by atomic mass is 10.1. The minimum absolute atomic E-state index is 0.000180. The number of nitrogens with zero attached hydrogens (tertiary/aromatic N) is 2. The van der Waals surface area contributed by atoms with Gasteiger partial charge >= 0.3 is 0 Å². The summed E-state index contributed by atoms with van der Waals surface area (Å²) in [4.78, 5) is 28.3. The van der Waals surface area contributed by atoms with Gasteiger partial charge in [0, 0.05) is 26.2 Å². The molecule has 0 atom stereocenters. The van der Waals surface area contributed by atoms with Crippen molar-refractivity contribution in [3.05, 3.63) is 23.8 Å². The number of fused-ring (bicyclic) bond motifs is 1. The Morgan fingerprint density at radius 2 is 2.05 bits per heavy atom. The minimum Gasteiger partial charge on any atom is -0.482 e. The zero-order chi connectivity index (χ0) is 14.8. The van der Waals surface area contributed by atoms with Crippen LogP contribution in [0.3, 0.4) is 0 Å². The monoisotopic (exact) mass is 289 g/mol. The molecule has 1 aromatic carbocycles. The molecule has 21 heavy (non-hydrogen) atoms. The summed E-state index contributed by atoms with van der Waals surface area (Å²) in [6.07, 6.45) is 0. The van der Waals surface area contributed by atoms with Crippen LogP contribution < -0.4 is 10.1 Å². The molecular weight excluding hydrogens is 270 g/mol. The Morgan fingerprint density at radius 1 is 1.29 bits per heavy atom. The Kier molecular flexibility index (Phi) is 3.79. The number of benzene rings is 1. The Bertz CT molecular complexity index is 565. The number of likely N-dealkylation sites (N-methyl/N-ethyl adjacent to an activating group) is 1. The van der Waals surface area contributed by atoms with Crippen LogP contribution in [0.25, 0.3) is 0 Å². The number of anilines is 1. The van der Waals surface area contributed by atoms with Crippen LogP contribution in [0.5, 0.6) is 5.75 Å². The lowest BCUT2D eigenvalue weighted by molar-refractivity contribution is -0.118. The van der Waals surface area contributed by atoms with Crippen LogP contribution in [0.1, 0.15) is 17.3 Å². The maximum Gasteiger partial charge on any atom is 0.262 e. The molecule has 0 aromatic heterocycles. The molecule has 0 unspecified atom stereocenters. The SMILES string of the molecule is CCN1CCN(C(=O)c2cccc3c2NC(=O)CO3)CC1. The molecule has 0 radical (unpaired) electrons. The Morgan fingerprint density at radius 3 is 2.76 bits per heavy atom. The Labute approximate surface area is 123 Å². The third kappa shape index (κ3) is 2.71. The van der Waals surface area contributed by atoms with E-state index in [1.165, 1.54) is 0 Å². The van der Waals surface area contributed by atoms with Crippen molar-refractivity contribution in [1.82, 2.24) is 9.80 Å². The molecule has 2 aliphatic rings. The van der Waals surface area contributed by atoms with Gasteiger partial charge < -0.3 is 19.9 Å². The van der Waals surface area contributed by atoms with Gasteiger partial charge in [0.05, 0.1) is 11.3 Å². The van der Waals surface area contributed by atoms with Crippen molar-refractivity contribution >= 4 is 17.5 Å². The number of carbonyl (C=O) groups is 2. The highest BCUT2D eigenvalue weighted by Crippen LogP contribution is 2.32. The van der Waals surface area contributed by atoms with Gasteiger partial charge in [-0.1, -0.05) is 13.0 Å². The van der Waals surface area contributed by atoms with Crippen molar-refractivity contribution in [3.63, 3.8) is 0 Å². The van der Waals surface area contributed by atoms with E-state index in [9.17, 15) is 9.59 Å². The van der Waals surface area contributed by atoms with E-state index >= 15 is 0 Å². The average molecular weight is 289 g/mol. The lowest BCUT2D eigenvalue weighted by Crippen LogP contribution is -2.48. The molecule has 0 bridgehead atoms. The van der Waals surface area contributed by atoms with Gasteiger partial charge in [-0.3, -0.25) is 9.59 Å². The van der Waals surface area contributed by atoms with Crippen molar-refractivity contribution in [2.75, 3.05) is 44.6 Å². The number of hydrogen-bond donors (Lipinski definition) is 1. The van der Waals surface area contributed by atoms with E-state index in [0.29, 0.717) is 30.1 Å². The smallest absolute Gasteiger partial charge is 0.262 e. The van der Waals surface area contributed by atoms with Crippen molar-refractivity contribution in [2.45, 2.75) is 6.92 Å². The molecule has 2 amide bonds. The van der Waals surface area contributed by atoms with Crippen LogP contribution in [0.4, 0.5) is 5.69 Å². The first-order valence-electron chi connectivity index (χ1n) is 7.26. The lowest BCUT2D eigenvalue weighted by Gasteiger charge is -2.34. The first-order chi connectivity index (χ1) is 10.2. The fraction of sp³-hybridized carbons (Fsp3) is 0.467. The van der Waals surface area contributed by atoms with E-state index in [2.05, 4.69) is 17.1 Å². The van der Waals surface area contributed by atoms with Gasteiger partial charge in [-0.25, -0.2) is 0 Å². The van der Waals surface area contributed by atoms with Gasteiger partial charge in [0.2, 0.25) is 0 Å². The summed E-state index contributed by atoms with van der Waals surface area (Å²) in [5.74, 6) is 0.291. The summed E-state index contributed by atoms with van der Waals surface area (Å²) in [7, 11) is 0. The largest absolute Gasteiger partial charge is 0.482 e. The van der Waals surface area contributed by atoms with E-state index in [0.717, 1.165) is 19.6 Å². The Hall–Kier alpha value is -2.08. The predicted molar refractivity (Wildman–Crippen MR) is 78.6 cm³/mol. The van der Waals surface area contributed by atoms with Crippen molar-refractivity contribution in [3.8, 4) is 5.75 Å². The molecular formula is C15H19N3O3. The number of para-hydroxylation sites is 1. The van der Waals surface area contributed by atoms with Gasteiger partial charge in [0.1, 0.15) is 5.75 Å². The highest BCUT2D eigenvalue weighted by molar-refractivity contribution is 6.06. The molecule has 0 aliphatic carbocycles.